The molecule has 1 unspecified atom stereocenters. The van der Waals surface area contributed by atoms with Crippen LogP contribution < -0.4 is 9.62 Å². The topological polar surface area (TPSA) is 104 Å². The molecule has 1 aromatic rings. The van der Waals surface area contributed by atoms with Crippen molar-refractivity contribution in [3.05, 3.63) is 29.3 Å². The van der Waals surface area contributed by atoms with Gasteiger partial charge in [0, 0.05) is 11.6 Å². The smallest absolute Gasteiger partial charge is 0.329 e. The zero-order chi connectivity index (χ0) is 18.4. The van der Waals surface area contributed by atoms with Crippen LogP contribution in [0.5, 0.6) is 0 Å². The van der Waals surface area contributed by atoms with Crippen LogP contribution in [0.4, 0.5) is 5.69 Å². The minimum Gasteiger partial charge on any atom is -0.480 e. The molecule has 0 radical (unpaired) electrons. The van der Waals surface area contributed by atoms with Crippen LogP contribution in [-0.2, 0) is 21.2 Å². The summed E-state index contributed by atoms with van der Waals surface area (Å²) in [7, 11) is -3.38. The zero-order valence-corrected chi connectivity index (χ0v) is 15.1. The fourth-order valence-corrected chi connectivity index (χ4v) is 5.17. The third-order valence-electron chi connectivity index (χ3n) is 5.07. The highest BCUT2D eigenvalue weighted by Crippen LogP contribution is 2.35. The van der Waals surface area contributed by atoms with Gasteiger partial charge in [-0.1, -0.05) is 12.8 Å². The van der Waals surface area contributed by atoms with Gasteiger partial charge in [0.05, 0.1) is 11.9 Å². The normalized spacial score (nSPS) is 21.8. The molecule has 25 heavy (non-hydrogen) atoms. The largest absolute Gasteiger partial charge is 0.480 e. The van der Waals surface area contributed by atoms with Crippen LogP contribution in [-0.4, -0.2) is 43.2 Å². The number of hydrogen-bond donors (Lipinski definition) is 2. The van der Waals surface area contributed by atoms with E-state index in [1.807, 2.05) is 6.92 Å². The molecule has 1 aliphatic carbocycles. The fourth-order valence-electron chi connectivity index (χ4n) is 3.91. The number of hydrogen-bond acceptors (Lipinski definition) is 4. The second-order valence-electron chi connectivity index (χ2n) is 7.00. The van der Waals surface area contributed by atoms with Gasteiger partial charge in [-0.2, -0.15) is 0 Å². The summed E-state index contributed by atoms with van der Waals surface area (Å²) in [4.78, 5) is 24.1. The number of benzene rings is 1. The monoisotopic (exact) mass is 366 g/mol. The molecule has 3 rings (SSSR count). The molecule has 0 aromatic heterocycles. The minimum absolute atomic E-state index is 0.205. The Morgan fingerprint density at radius 3 is 2.48 bits per heavy atom. The van der Waals surface area contributed by atoms with Crippen LogP contribution in [0.3, 0.4) is 0 Å². The van der Waals surface area contributed by atoms with Crippen LogP contribution in [0.25, 0.3) is 0 Å². The molecule has 2 aliphatic rings. The lowest BCUT2D eigenvalue weighted by molar-refractivity contribution is -0.144. The first-order valence-corrected chi connectivity index (χ1v) is 10.2. The van der Waals surface area contributed by atoms with Crippen LogP contribution in [0, 0.1) is 0 Å². The van der Waals surface area contributed by atoms with E-state index in [2.05, 4.69) is 5.32 Å². The van der Waals surface area contributed by atoms with Crippen molar-refractivity contribution >= 4 is 27.6 Å². The third-order valence-corrected chi connectivity index (χ3v) is 6.34. The van der Waals surface area contributed by atoms with Crippen molar-refractivity contribution in [3.63, 3.8) is 0 Å². The Balaban J connectivity index is 1.87. The molecule has 8 heteroatoms. The zero-order valence-electron chi connectivity index (χ0n) is 14.3. The van der Waals surface area contributed by atoms with Crippen molar-refractivity contribution in [2.24, 2.45) is 0 Å². The van der Waals surface area contributed by atoms with Crippen LogP contribution in [0.1, 0.15) is 48.5 Å². The van der Waals surface area contributed by atoms with Gasteiger partial charge in [-0.3, -0.25) is 9.10 Å². The molecule has 1 aromatic carbocycles. The van der Waals surface area contributed by atoms with E-state index in [0.717, 1.165) is 24.7 Å². The lowest BCUT2D eigenvalue weighted by Crippen LogP contribution is -2.52. The Labute approximate surface area is 147 Å². The van der Waals surface area contributed by atoms with Gasteiger partial charge in [0.2, 0.25) is 10.0 Å². The molecule has 0 saturated heterocycles. The summed E-state index contributed by atoms with van der Waals surface area (Å²) >= 11 is 0. The summed E-state index contributed by atoms with van der Waals surface area (Å²) in [5, 5.41) is 12.2. The predicted octanol–water partition coefficient (Wildman–Crippen LogP) is 1.52. The number of carbonyl (C=O) groups is 2. The maximum Gasteiger partial charge on any atom is 0.329 e. The standard InChI is InChI=1S/C17H22N2O5S/c1-11-9-13-10-12(5-6-14(13)19(11)25(2,23)24)15(20)18-17(16(21)22)7-3-4-8-17/h5-6,10-11H,3-4,7-9H2,1-2H3,(H,18,20)(H,21,22). The first kappa shape index (κ1) is 17.7. The molecule has 2 N–H and O–H groups in total. The van der Waals surface area contributed by atoms with E-state index < -0.39 is 27.4 Å². The highest BCUT2D eigenvalue weighted by atomic mass is 32.2. The molecule has 136 valence electrons. The van der Waals surface area contributed by atoms with Gasteiger partial charge in [0.25, 0.3) is 5.91 Å². The van der Waals surface area contributed by atoms with Gasteiger partial charge in [0.15, 0.2) is 0 Å². The van der Waals surface area contributed by atoms with Crippen LogP contribution >= 0.6 is 0 Å². The average molecular weight is 366 g/mol. The molecule has 0 spiro atoms. The number of anilines is 1. The Bertz CT molecular complexity index is 827. The van der Waals surface area contributed by atoms with Crippen molar-refractivity contribution in [1.82, 2.24) is 5.32 Å². The number of carboxylic acid groups (broad SMARTS) is 1. The Morgan fingerprint density at radius 1 is 1.28 bits per heavy atom. The molecule has 1 aliphatic heterocycles. The summed E-state index contributed by atoms with van der Waals surface area (Å²) in [5.41, 5.74) is 0.526. The molecular weight excluding hydrogens is 344 g/mol. The SMILES string of the molecule is CC1Cc2cc(C(=O)NC3(C(=O)O)CCCC3)ccc2N1S(C)(=O)=O. The van der Waals surface area contributed by atoms with Gasteiger partial charge >= 0.3 is 5.97 Å². The molecule has 1 atom stereocenters. The van der Waals surface area contributed by atoms with Crippen molar-refractivity contribution in [2.75, 3.05) is 10.6 Å². The molecule has 1 fully saturated rings. The number of rotatable bonds is 4. The van der Waals surface area contributed by atoms with E-state index >= 15 is 0 Å². The van der Waals surface area contributed by atoms with E-state index in [-0.39, 0.29) is 6.04 Å². The second kappa shape index (κ2) is 6.01. The molecule has 0 bridgehead atoms. The number of sulfonamides is 1. The van der Waals surface area contributed by atoms with Gasteiger partial charge < -0.3 is 10.4 Å². The van der Waals surface area contributed by atoms with Crippen LogP contribution in [0.2, 0.25) is 0 Å². The first-order chi connectivity index (χ1) is 11.6. The number of nitrogens with zero attached hydrogens (tertiary/aromatic N) is 1. The van der Waals surface area contributed by atoms with Gasteiger partial charge in [-0.05, 0) is 49.9 Å². The lowest BCUT2D eigenvalue weighted by Gasteiger charge is -2.25. The van der Waals surface area contributed by atoms with Crippen molar-refractivity contribution < 1.29 is 23.1 Å². The van der Waals surface area contributed by atoms with E-state index in [1.54, 1.807) is 18.2 Å². The van der Waals surface area contributed by atoms with Crippen LogP contribution in [0.15, 0.2) is 18.2 Å². The Hall–Kier alpha value is -2.09. The van der Waals surface area contributed by atoms with E-state index in [9.17, 15) is 23.1 Å². The Morgan fingerprint density at radius 2 is 1.92 bits per heavy atom. The quantitative estimate of drug-likeness (QED) is 0.841. The molecular formula is C17H22N2O5S. The van der Waals surface area contributed by atoms with Crippen molar-refractivity contribution in [1.29, 1.82) is 0 Å². The third kappa shape index (κ3) is 3.10. The number of nitrogens with one attached hydrogen (secondary N) is 1. The molecule has 1 amide bonds. The van der Waals surface area contributed by atoms with E-state index in [0.29, 0.717) is 30.5 Å². The fraction of sp³-hybridized carbons (Fsp3) is 0.529. The summed E-state index contributed by atoms with van der Waals surface area (Å²) in [6.07, 6.45) is 4.09. The maximum absolute atomic E-state index is 12.6. The second-order valence-corrected chi connectivity index (χ2v) is 8.86. The van der Waals surface area contributed by atoms with Gasteiger partial charge in [-0.25, -0.2) is 13.2 Å². The number of carbonyl (C=O) groups excluding carboxylic acids is 1. The highest BCUT2D eigenvalue weighted by molar-refractivity contribution is 7.92. The molecule has 7 nitrogen and oxygen atoms in total. The number of fused-ring (bicyclic) bond motifs is 1. The summed E-state index contributed by atoms with van der Waals surface area (Å²) < 4.78 is 25.3. The summed E-state index contributed by atoms with van der Waals surface area (Å²) in [6.45, 7) is 1.82. The van der Waals surface area contributed by atoms with Gasteiger partial charge in [0.1, 0.15) is 5.54 Å². The number of carboxylic acids is 1. The van der Waals surface area contributed by atoms with Gasteiger partial charge in [-0.15, -0.1) is 0 Å². The average Bonchev–Trinajstić information content (AvgIpc) is 3.09. The van der Waals surface area contributed by atoms with Crippen molar-refractivity contribution in [2.45, 2.75) is 50.6 Å². The summed E-state index contributed by atoms with van der Waals surface area (Å²) in [6, 6.07) is 4.63. The number of aliphatic carboxylic acids is 1. The first-order valence-electron chi connectivity index (χ1n) is 8.32. The molecule has 1 heterocycles. The molecule has 1 saturated carbocycles. The lowest BCUT2D eigenvalue weighted by atomic mass is 9.97. The number of amides is 1. The van der Waals surface area contributed by atoms with Crippen molar-refractivity contribution in [3.8, 4) is 0 Å². The summed E-state index contributed by atoms with van der Waals surface area (Å²) in [5.74, 6) is -1.44. The predicted molar refractivity (Wildman–Crippen MR) is 93.2 cm³/mol. The Kier molecular flexibility index (Phi) is 4.26. The maximum atomic E-state index is 12.6. The highest BCUT2D eigenvalue weighted by Gasteiger charge is 2.43. The minimum atomic E-state index is -3.38. The van der Waals surface area contributed by atoms with E-state index in [1.165, 1.54) is 4.31 Å². The van der Waals surface area contributed by atoms with E-state index in [4.69, 9.17) is 0 Å².